The number of nitrogens with one attached hydrogen (secondary N) is 1. The van der Waals surface area contributed by atoms with Crippen LogP contribution in [0.3, 0.4) is 0 Å². The summed E-state index contributed by atoms with van der Waals surface area (Å²) in [5.41, 5.74) is 1.08. The van der Waals surface area contributed by atoms with Gasteiger partial charge >= 0.3 is 0 Å². The van der Waals surface area contributed by atoms with Crippen molar-refractivity contribution in [2.75, 3.05) is 25.1 Å². The molecule has 100 valence electrons. The molecule has 18 heavy (non-hydrogen) atoms. The lowest BCUT2D eigenvalue weighted by Gasteiger charge is -2.27. The Morgan fingerprint density at radius 1 is 1.33 bits per heavy atom. The van der Waals surface area contributed by atoms with Crippen molar-refractivity contribution in [1.29, 1.82) is 0 Å². The molecule has 1 saturated heterocycles. The van der Waals surface area contributed by atoms with Crippen LogP contribution >= 0.6 is 0 Å². The third kappa shape index (κ3) is 3.10. The van der Waals surface area contributed by atoms with Crippen LogP contribution in [0, 0.1) is 0 Å². The number of anilines is 1. The summed E-state index contributed by atoms with van der Waals surface area (Å²) in [5.74, 6) is 1.61. The molecule has 1 N–H and O–H groups in total. The summed E-state index contributed by atoms with van der Waals surface area (Å²) < 4.78 is 11.0. The first kappa shape index (κ1) is 13.1. The van der Waals surface area contributed by atoms with E-state index in [1.807, 2.05) is 0 Å². The quantitative estimate of drug-likeness (QED) is 0.803. The van der Waals surface area contributed by atoms with E-state index in [1.54, 1.807) is 6.33 Å². The van der Waals surface area contributed by atoms with E-state index in [0.717, 1.165) is 37.2 Å². The van der Waals surface area contributed by atoms with Gasteiger partial charge in [-0.3, -0.25) is 0 Å². The minimum absolute atomic E-state index is 0.148. The van der Waals surface area contributed by atoms with E-state index in [1.165, 1.54) is 0 Å². The van der Waals surface area contributed by atoms with E-state index in [4.69, 9.17) is 9.47 Å². The molecule has 0 atom stereocenters. The molecule has 0 aromatic carbocycles. The minimum Gasteiger partial charge on any atom is -0.469 e. The molecule has 1 aromatic rings. The predicted octanol–water partition coefficient (Wildman–Crippen LogP) is 2.03. The van der Waals surface area contributed by atoms with Gasteiger partial charge in [0.1, 0.15) is 18.2 Å². The second-order valence-corrected chi connectivity index (χ2v) is 4.46. The van der Waals surface area contributed by atoms with Gasteiger partial charge in [-0.05, 0) is 12.8 Å². The topological polar surface area (TPSA) is 56.3 Å². The zero-order valence-electron chi connectivity index (χ0n) is 11.1. The van der Waals surface area contributed by atoms with Gasteiger partial charge in [-0.1, -0.05) is 20.3 Å². The Morgan fingerprint density at radius 2 is 2.17 bits per heavy atom. The summed E-state index contributed by atoms with van der Waals surface area (Å²) in [6.07, 6.45) is 4.75. The van der Waals surface area contributed by atoms with Crippen LogP contribution in [0.2, 0.25) is 0 Å². The van der Waals surface area contributed by atoms with Gasteiger partial charge < -0.3 is 14.8 Å². The highest BCUT2D eigenvalue weighted by atomic mass is 16.6. The van der Waals surface area contributed by atoms with Gasteiger partial charge in [-0.2, -0.15) is 0 Å². The third-order valence-electron chi connectivity index (χ3n) is 2.83. The summed E-state index contributed by atoms with van der Waals surface area (Å²) >= 11 is 0. The van der Waals surface area contributed by atoms with Crippen molar-refractivity contribution in [2.24, 2.45) is 0 Å². The molecule has 1 aliphatic heterocycles. The molecule has 0 aliphatic carbocycles. The first-order chi connectivity index (χ1) is 8.85. The third-order valence-corrected chi connectivity index (χ3v) is 2.83. The molecule has 0 spiro atoms. The Balaban J connectivity index is 2.14. The van der Waals surface area contributed by atoms with Crippen molar-refractivity contribution in [1.82, 2.24) is 9.97 Å². The number of hydrogen-bond acceptors (Lipinski definition) is 5. The molecule has 0 bridgehead atoms. The second kappa shape index (κ2) is 6.54. The molecule has 1 fully saturated rings. The van der Waals surface area contributed by atoms with Gasteiger partial charge in [0.05, 0.1) is 18.8 Å². The van der Waals surface area contributed by atoms with Crippen LogP contribution < -0.4 is 10.1 Å². The van der Waals surface area contributed by atoms with E-state index in [-0.39, 0.29) is 6.10 Å². The normalized spacial score (nSPS) is 15.2. The molecule has 2 rings (SSSR count). The van der Waals surface area contributed by atoms with Gasteiger partial charge in [0.2, 0.25) is 5.88 Å². The highest BCUT2D eigenvalue weighted by Gasteiger charge is 2.23. The van der Waals surface area contributed by atoms with Gasteiger partial charge in [0.15, 0.2) is 0 Å². The SMILES string of the molecule is CCCNc1ncnc(OC2COC2)c1CCC. The van der Waals surface area contributed by atoms with Gasteiger partial charge in [-0.15, -0.1) is 0 Å². The van der Waals surface area contributed by atoms with Crippen molar-refractivity contribution in [3.63, 3.8) is 0 Å². The van der Waals surface area contributed by atoms with E-state index in [9.17, 15) is 0 Å². The zero-order valence-corrected chi connectivity index (χ0v) is 11.1. The first-order valence-electron chi connectivity index (χ1n) is 6.67. The number of ether oxygens (including phenoxy) is 2. The van der Waals surface area contributed by atoms with E-state index in [0.29, 0.717) is 19.1 Å². The van der Waals surface area contributed by atoms with Gasteiger partial charge in [0, 0.05) is 6.54 Å². The average Bonchev–Trinajstić information content (AvgIpc) is 2.33. The fourth-order valence-corrected chi connectivity index (χ4v) is 1.81. The highest BCUT2D eigenvalue weighted by molar-refractivity contribution is 5.48. The van der Waals surface area contributed by atoms with Crippen LogP contribution in [0.15, 0.2) is 6.33 Å². The van der Waals surface area contributed by atoms with Crippen LogP contribution in [-0.4, -0.2) is 35.8 Å². The lowest BCUT2D eigenvalue weighted by Crippen LogP contribution is -2.39. The number of aromatic nitrogens is 2. The first-order valence-corrected chi connectivity index (χ1v) is 6.67. The van der Waals surface area contributed by atoms with Crippen molar-refractivity contribution < 1.29 is 9.47 Å². The van der Waals surface area contributed by atoms with Gasteiger partial charge in [0.25, 0.3) is 0 Å². The largest absolute Gasteiger partial charge is 0.469 e. The number of nitrogens with zero attached hydrogens (tertiary/aromatic N) is 2. The van der Waals surface area contributed by atoms with Crippen LogP contribution in [0.1, 0.15) is 32.3 Å². The van der Waals surface area contributed by atoms with Crippen LogP contribution in [0.25, 0.3) is 0 Å². The molecule has 0 unspecified atom stereocenters. The van der Waals surface area contributed by atoms with Crippen molar-refractivity contribution in [3.8, 4) is 5.88 Å². The molecular weight excluding hydrogens is 230 g/mol. The lowest BCUT2D eigenvalue weighted by atomic mass is 10.1. The lowest BCUT2D eigenvalue weighted by molar-refractivity contribution is -0.0816. The summed E-state index contributed by atoms with van der Waals surface area (Å²) in [4.78, 5) is 8.57. The Hall–Kier alpha value is -1.36. The Labute approximate surface area is 108 Å². The minimum atomic E-state index is 0.148. The summed E-state index contributed by atoms with van der Waals surface area (Å²) in [5, 5.41) is 3.34. The molecule has 5 nitrogen and oxygen atoms in total. The van der Waals surface area contributed by atoms with Crippen molar-refractivity contribution in [2.45, 2.75) is 39.2 Å². The average molecular weight is 251 g/mol. The molecule has 5 heteroatoms. The summed E-state index contributed by atoms with van der Waals surface area (Å²) in [6, 6.07) is 0. The maximum absolute atomic E-state index is 5.84. The highest BCUT2D eigenvalue weighted by Crippen LogP contribution is 2.25. The second-order valence-electron chi connectivity index (χ2n) is 4.46. The van der Waals surface area contributed by atoms with Crippen molar-refractivity contribution >= 4 is 5.82 Å². The van der Waals surface area contributed by atoms with Crippen molar-refractivity contribution in [3.05, 3.63) is 11.9 Å². The molecular formula is C13H21N3O2. The summed E-state index contributed by atoms with van der Waals surface area (Å²) in [7, 11) is 0. The van der Waals surface area contributed by atoms with E-state index in [2.05, 4.69) is 29.1 Å². The molecule has 0 radical (unpaired) electrons. The van der Waals surface area contributed by atoms with E-state index >= 15 is 0 Å². The summed E-state index contributed by atoms with van der Waals surface area (Å²) in [6.45, 7) is 6.52. The van der Waals surface area contributed by atoms with Gasteiger partial charge in [-0.25, -0.2) is 9.97 Å². The maximum atomic E-state index is 5.84. The Kier molecular flexibility index (Phi) is 4.75. The molecule has 1 aliphatic rings. The monoisotopic (exact) mass is 251 g/mol. The fraction of sp³-hybridized carbons (Fsp3) is 0.692. The Bertz CT molecular complexity index is 380. The number of hydrogen-bond donors (Lipinski definition) is 1. The molecule has 0 amide bonds. The van der Waals surface area contributed by atoms with E-state index < -0.39 is 0 Å². The Morgan fingerprint density at radius 3 is 2.78 bits per heavy atom. The smallest absolute Gasteiger partial charge is 0.222 e. The maximum Gasteiger partial charge on any atom is 0.222 e. The number of rotatable bonds is 7. The fourth-order valence-electron chi connectivity index (χ4n) is 1.81. The predicted molar refractivity (Wildman–Crippen MR) is 70.0 cm³/mol. The zero-order chi connectivity index (χ0) is 12.8. The molecule has 0 saturated carbocycles. The van der Waals surface area contributed by atoms with Crippen LogP contribution in [0.4, 0.5) is 5.82 Å². The standard InChI is InChI=1S/C13H21N3O2/c1-3-5-11-12(14-6-4-2)15-9-16-13(11)18-10-7-17-8-10/h9-10H,3-8H2,1-2H3,(H,14,15,16). The van der Waals surface area contributed by atoms with Crippen LogP contribution in [-0.2, 0) is 11.2 Å². The molecule has 2 heterocycles. The van der Waals surface area contributed by atoms with Crippen LogP contribution in [0.5, 0.6) is 5.88 Å². The molecule has 1 aromatic heterocycles.